The molecule has 3 N–H and O–H groups in total. The van der Waals surface area contributed by atoms with Crippen molar-refractivity contribution in [2.45, 2.75) is 99.6 Å². The maximum Gasteiger partial charge on any atom is 0.386 e. The van der Waals surface area contributed by atoms with Gasteiger partial charge in [0.1, 0.15) is 11.5 Å². The highest BCUT2D eigenvalue weighted by Crippen LogP contribution is 2.41. The van der Waals surface area contributed by atoms with E-state index in [9.17, 15) is 24.9 Å². The molecular weight excluding hydrogens is 524 g/mol. The van der Waals surface area contributed by atoms with Crippen LogP contribution in [0.15, 0.2) is 48.5 Å². The third kappa shape index (κ3) is 8.69. The minimum absolute atomic E-state index is 0.0671. The Morgan fingerprint density at radius 2 is 1.15 bits per heavy atom. The minimum atomic E-state index is -2.83. The van der Waals surface area contributed by atoms with Gasteiger partial charge in [-0.25, -0.2) is 4.79 Å². The Bertz CT molecular complexity index is 1190. The van der Waals surface area contributed by atoms with E-state index in [1.54, 1.807) is 65.8 Å². The highest BCUT2D eigenvalue weighted by Gasteiger charge is 2.53. The number of aliphatic hydroxyl groups is 2. The maximum absolute atomic E-state index is 13.5. The SMILES string of the molecule is CC(C)(C)CC(O)(OC(=O)C(O)(COc1ccc(C(C)(C)c2ccc(O)cc2)cc1)OC(=O)C(C)(C)C)C(C)(C)C. The van der Waals surface area contributed by atoms with Crippen molar-refractivity contribution in [3.8, 4) is 11.5 Å². The van der Waals surface area contributed by atoms with Crippen LogP contribution in [-0.2, 0) is 24.5 Å². The Balaban J connectivity index is 2.34. The minimum Gasteiger partial charge on any atom is -0.508 e. The largest absolute Gasteiger partial charge is 0.508 e. The monoisotopic (exact) mass is 572 g/mol. The Kier molecular flexibility index (Phi) is 9.69. The molecule has 0 aliphatic heterocycles. The molecule has 0 spiro atoms. The number of aromatic hydroxyl groups is 1. The fourth-order valence-corrected chi connectivity index (χ4v) is 4.04. The van der Waals surface area contributed by atoms with Gasteiger partial charge in [0.15, 0.2) is 6.61 Å². The van der Waals surface area contributed by atoms with Crippen molar-refractivity contribution in [2.24, 2.45) is 16.2 Å². The van der Waals surface area contributed by atoms with Gasteiger partial charge in [0, 0.05) is 17.3 Å². The van der Waals surface area contributed by atoms with Gasteiger partial charge in [0.2, 0.25) is 5.79 Å². The molecule has 0 saturated carbocycles. The summed E-state index contributed by atoms with van der Waals surface area (Å²) < 4.78 is 16.6. The van der Waals surface area contributed by atoms with Crippen molar-refractivity contribution in [1.29, 1.82) is 0 Å². The molecule has 2 aromatic carbocycles. The topological polar surface area (TPSA) is 123 Å². The van der Waals surface area contributed by atoms with Crippen molar-refractivity contribution in [3.63, 3.8) is 0 Å². The highest BCUT2D eigenvalue weighted by atomic mass is 16.7. The number of carbonyl (C=O) groups is 2. The summed E-state index contributed by atoms with van der Waals surface area (Å²) in [6, 6.07) is 14.0. The van der Waals surface area contributed by atoms with Crippen LogP contribution in [0.4, 0.5) is 0 Å². The molecular formula is C33H48O8. The normalized spacial score (nSPS) is 15.8. The number of phenolic OH excluding ortho intramolecular Hbond substituents is 1. The second-order valence-electron chi connectivity index (χ2n) is 14.6. The first-order valence-corrected chi connectivity index (χ1v) is 13.8. The molecule has 0 heterocycles. The molecule has 2 rings (SSSR count). The molecule has 0 aliphatic rings. The zero-order valence-corrected chi connectivity index (χ0v) is 26.4. The van der Waals surface area contributed by atoms with E-state index in [2.05, 4.69) is 0 Å². The quantitative estimate of drug-likeness (QED) is 0.244. The van der Waals surface area contributed by atoms with Crippen LogP contribution >= 0.6 is 0 Å². The predicted octanol–water partition coefficient (Wildman–Crippen LogP) is 6.09. The van der Waals surface area contributed by atoms with Gasteiger partial charge in [-0.05, 0) is 61.6 Å². The van der Waals surface area contributed by atoms with E-state index in [1.807, 2.05) is 58.9 Å². The average molecular weight is 573 g/mol. The van der Waals surface area contributed by atoms with Gasteiger partial charge in [-0.2, -0.15) is 0 Å². The summed E-state index contributed by atoms with van der Waals surface area (Å²) in [5, 5.41) is 32.5. The van der Waals surface area contributed by atoms with Crippen molar-refractivity contribution in [1.82, 2.24) is 0 Å². The molecule has 41 heavy (non-hydrogen) atoms. The zero-order valence-electron chi connectivity index (χ0n) is 26.4. The second kappa shape index (κ2) is 11.6. The summed E-state index contributed by atoms with van der Waals surface area (Å²) in [6.45, 7) is 18.9. The number of carbonyl (C=O) groups excluding carboxylic acids is 2. The Morgan fingerprint density at radius 1 is 0.683 bits per heavy atom. The summed E-state index contributed by atoms with van der Waals surface area (Å²) in [4.78, 5) is 26.2. The fourth-order valence-electron chi connectivity index (χ4n) is 4.04. The van der Waals surface area contributed by atoms with Crippen molar-refractivity contribution in [3.05, 3.63) is 59.7 Å². The van der Waals surface area contributed by atoms with Gasteiger partial charge in [0.25, 0.3) is 0 Å². The van der Waals surface area contributed by atoms with Crippen molar-refractivity contribution >= 4 is 11.9 Å². The van der Waals surface area contributed by atoms with Crippen molar-refractivity contribution in [2.75, 3.05) is 6.61 Å². The van der Waals surface area contributed by atoms with E-state index in [-0.39, 0.29) is 17.6 Å². The lowest BCUT2D eigenvalue weighted by Gasteiger charge is -2.44. The van der Waals surface area contributed by atoms with Crippen molar-refractivity contribution < 1.29 is 39.1 Å². The van der Waals surface area contributed by atoms with Gasteiger partial charge in [-0.1, -0.05) is 79.7 Å². The molecule has 0 saturated heterocycles. The molecule has 0 radical (unpaired) electrons. The first-order chi connectivity index (χ1) is 18.4. The van der Waals surface area contributed by atoms with Crippen LogP contribution in [0.3, 0.4) is 0 Å². The third-order valence-corrected chi connectivity index (χ3v) is 7.00. The lowest BCUT2D eigenvalue weighted by Crippen LogP contribution is -2.57. The van der Waals surface area contributed by atoms with Gasteiger partial charge in [-0.15, -0.1) is 0 Å². The summed E-state index contributed by atoms with van der Waals surface area (Å²) in [6.07, 6.45) is 0.0671. The zero-order chi connectivity index (χ0) is 31.7. The average Bonchev–Trinajstić information content (AvgIpc) is 2.80. The molecule has 8 nitrogen and oxygen atoms in total. The number of hydrogen-bond donors (Lipinski definition) is 3. The first-order valence-electron chi connectivity index (χ1n) is 13.8. The summed E-state index contributed by atoms with van der Waals surface area (Å²) in [7, 11) is 0. The van der Waals surface area contributed by atoms with Crippen LogP contribution < -0.4 is 4.74 Å². The summed E-state index contributed by atoms with van der Waals surface area (Å²) in [5.41, 5.74) is -0.829. The third-order valence-electron chi connectivity index (χ3n) is 7.00. The molecule has 0 aliphatic carbocycles. The van der Waals surface area contributed by atoms with E-state index in [0.717, 1.165) is 11.1 Å². The molecule has 228 valence electrons. The predicted molar refractivity (Wildman–Crippen MR) is 157 cm³/mol. The number of hydrogen-bond acceptors (Lipinski definition) is 8. The highest BCUT2D eigenvalue weighted by molar-refractivity contribution is 5.84. The summed E-state index contributed by atoms with van der Waals surface area (Å²) in [5.74, 6) is -6.49. The van der Waals surface area contributed by atoms with Gasteiger partial charge in [-0.3, -0.25) is 4.79 Å². The van der Waals surface area contributed by atoms with E-state index >= 15 is 0 Å². The molecule has 0 fully saturated rings. The Labute approximate surface area is 244 Å². The van der Waals surface area contributed by atoms with E-state index in [0.29, 0.717) is 5.75 Å². The molecule has 2 unspecified atom stereocenters. The molecule has 0 aromatic heterocycles. The number of phenols is 1. The molecule has 0 bridgehead atoms. The van der Waals surface area contributed by atoms with Crippen LogP contribution in [-0.4, -0.2) is 45.4 Å². The Hall–Kier alpha value is -3.10. The first kappa shape index (κ1) is 34.1. The van der Waals surface area contributed by atoms with Gasteiger partial charge in [0.05, 0.1) is 5.41 Å². The lowest BCUT2D eigenvalue weighted by molar-refractivity contribution is -0.294. The number of esters is 2. The van der Waals surface area contributed by atoms with Crippen LogP contribution in [0.1, 0.15) is 93.7 Å². The van der Waals surface area contributed by atoms with Gasteiger partial charge < -0.3 is 29.5 Å². The fraction of sp³-hybridized carbons (Fsp3) is 0.576. The van der Waals surface area contributed by atoms with E-state index in [4.69, 9.17) is 14.2 Å². The van der Waals surface area contributed by atoms with Crippen LogP contribution in [0.2, 0.25) is 0 Å². The maximum atomic E-state index is 13.5. The summed E-state index contributed by atoms with van der Waals surface area (Å²) >= 11 is 0. The number of benzene rings is 2. The molecule has 2 aromatic rings. The molecule has 2 atom stereocenters. The lowest BCUT2D eigenvalue weighted by atomic mass is 9.75. The smallest absolute Gasteiger partial charge is 0.386 e. The number of rotatable bonds is 9. The van der Waals surface area contributed by atoms with E-state index < -0.39 is 46.4 Å². The van der Waals surface area contributed by atoms with Gasteiger partial charge >= 0.3 is 17.7 Å². The van der Waals surface area contributed by atoms with Crippen LogP contribution in [0.25, 0.3) is 0 Å². The molecule has 8 heteroatoms. The van der Waals surface area contributed by atoms with Crippen LogP contribution in [0.5, 0.6) is 11.5 Å². The van der Waals surface area contributed by atoms with E-state index in [1.165, 1.54) is 0 Å². The molecule has 0 amide bonds. The second-order valence-corrected chi connectivity index (χ2v) is 14.6. The Morgan fingerprint density at radius 3 is 1.56 bits per heavy atom. The van der Waals surface area contributed by atoms with Crippen LogP contribution in [0, 0.1) is 16.2 Å². The standard InChI is InChI=1S/C33H48O8/c1-28(2,3)20-33(38,30(7,8)9)41-27(36)32(37,40-26(35)29(4,5)6)21-39-25-18-14-23(15-19-25)31(10,11)22-12-16-24(34)17-13-22/h12-19,34,37-38H,20-21H2,1-11H3. The number of ether oxygens (including phenoxy) is 3.